The van der Waals surface area contributed by atoms with E-state index in [2.05, 4.69) is 10.6 Å². The number of anilines is 2. The highest BCUT2D eigenvalue weighted by Gasteiger charge is 2.34. The summed E-state index contributed by atoms with van der Waals surface area (Å²) in [4.78, 5) is 38.5. The van der Waals surface area contributed by atoms with Crippen LogP contribution in [0.25, 0.3) is 0 Å². The van der Waals surface area contributed by atoms with E-state index in [0.29, 0.717) is 30.2 Å². The van der Waals surface area contributed by atoms with E-state index in [4.69, 9.17) is 4.74 Å². The molecule has 0 aliphatic carbocycles. The maximum Gasteiger partial charge on any atom is 0.265 e. The molecule has 150 valence electrons. The van der Waals surface area contributed by atoms with Gasteiger partial charge in [0.05, 0.1) is 11.6 Å². The number of carbonyl (C=O) groups is 3. The predicted molar refractivity (Wildman–Crippen MR) is 108 cm³/mol. The van der Waals surface area contributed by atoms with Crippen molar-refractivity contribution in [2.75, 3.05) is 17.2 Å². The summed E-state index contributed by atoms with van der Waals surface area (Å²) in [5, 5.41) is 5.61. The Morgan fingerprint density at radius 3 is 2.72 bits per heavy atom. The van der Waals surface area contributed by atoms with Gasteiger partial charge in [0, 0.05) is 25.2 Å². The topological polar surface area (TPSA) is 87.7 Å². The molecule has 1 fully saturated rings. The molecule has 0 bridgehead atoms. The summed E-state index contributed by atoms with van der Waals surface area (Å²) >= 11 is 0. The normalized spacial score (nSPS) is 20.7. The molecule has 0 saturated carbocycles. The van der Waals surface area contributed by atoms with E-state index in [1.807, 2.05) is 31.2 Å². The fourth-order valence-corrected chi connectivity index (χ4v) is 3.55. The molecule has 0 aromatic heterocycles. The van der Waals surface area contributed by atoms with E-state index in [9.17, 15) is 14.4 Å². The number of nitrogens with one attached hydrogen (secondary N) is 2. The SMILES string of the molecule is Cc1ccc(CN2C[C@@H](C(=O)Nc3ccc4c(c3)NC(=O)[C@H](C)O4)CC2=O)cc1. The van der Waals surface area contributed by atoms with Crippen molar-refractivity contribution in [2.24, 2.45) is 5.92 Å². The van der Waals surface area contributed by atoms with Crippen molar-refractivity contribution in [2.45, 2.75) is 32.9 Å². The number of fused-ring (bicyclic) bond motifs is 1. The van der Waals surface area contributed by atoms with Gasteiger partial charge in [0.1, 0.15) is 5.75 Å². The van der Waals surface area contributed by atoms with Crippen molar-refractivity contribution in [1.82, 2.24) is 4.90 Å². The molecule has 0 spiro atoms. The van der Waals surface area contributed by atoms with Gasteiger partial charge in [-0.05, 0) is 37.6 Å². The third kappa shape index (κ3) is 4.08. The van der Waals surface area contributed by atoms with Gasteiger partial charge in [-0.15, -0.1) is 0 Å². The number of likely N-dealkylation sites (tertiary alicyclic amines) is 1. The number of aryl methyl sites for hydroxylation is 1. The maximum absolute atomic E-state index is 12.7. The van der Waals surface area contributed by atoms with Crippen LogP contribution in [0.2, 0.25) is 0 Å². The zero-order chi connectivity index (χ0) is 20.5. The Hall–Kier alpha value is -3.35. The summed E-state index contributed by atoms with van der Waals surface area (Å²) in [6, 6.07) is 13.1. The van der Waals surface area contributed by atoms with Crippen molar-refractivity contribution in [1.29, 1.82) is 0 Å². The lowest BCUT2D eigenvalue weighted by molar-refractivity contribution is -0.128. The Kier molecular flexibility index (Phi) is 4.96. The standard InChI is InChI=1S/C22H23N3O4/c1-13-3-5-15(6-4-13)11-25-12-16(9-20(25)26)22(28)23-17-7-8-19-18(10-17)24-21(27)14(2)29-19/h3-8,10,14,16H,9,11-12H2,1-2H3,(H,23,28)(H,24,27)/t14-,16-/m0/s1. The molecule has 2 aromatic rings. The largest absolute Gasteiger partial charge is 0.479 e. The van der Waals surface area contributed by atoms with Crippen molar-refractivity contribution >= 4 is 29.1 Å². The monoisotopic (exact) mass is 393 g/mol. The Morgan fingerprint density at radius 2 is 1.97 bits per heavy atom. The molecule has 2 heterocycles. The molecule has 4 rings (SSSR count). The highest BCUT2D eigenvalue weighted by Crippen LogP contribution is 2.32. The first-order valence-electron chi connectivity index (χ1n) is 9.65. The Balaban J connectivity index is 1.39. The summed E-state index contributed by atoms with van der Waals surface area (Å²) in [6.07, 6.45) is -0.355. The van der Waals surface area contributed by atoms with Gasteiger partial charge in [-0.25, -0.2) is 0 Å². The quantitative estimate of drug-likeness (QED) is 0.836. The molecule has 29 heavy (non-hydrogen) atoms. The first-order valence-corrected chi connectivity index (χ1v) is 9.65. The van der Waals surface area contributed by atoms with Gasteiger partial charge in [0.15, 0.2) is 6.10 Å². The Bertz CT molecular complexity index is 971. The lowest BCUT2D eigenvalue weighted by Gasteiger charge is -2.24. The van der Waals surface area contributed by atoms with Crippen LogP contribution < -0.4 is 15.4 Å². The van der Waals surface area contributed by atoms with E-state index in [1.165, 1.54) is 5.56 Å². The summed E-state index contributed by atoms with van der Waals surface area (Å²) < 4.78 is 5.52. The van der Waals surface area contributed by atoms with Gasteiger partial charge in [-0.1, -0.05) is 29.8 Å². The number of rotatable bonds is 4. The van der Waals surface area contributed by atoms with Gasteiger partial charge in [-0.3, -0.25) is 14.4 Å². The van der Waals surface area contributed by atoms with Crippen LogP contribution in [0, 0.1) is 12.8 Å². The van der Waals surface area contributed by atoms with E-state index >= 15 is 0 Å². The molecule has 1 saturated heterocycles. The smallest absolute Gasteiger partial charge is 0.265 e. The Morgan fingerprint density at radius 1 is 1.21 bits per heavy atom. The van der Waals surface area contributed by atoms with Crippen LogP contribution in [0.5, 0.6) is 5.75 Å². The van der Waals surface area contributed by atoms with Crippen LogP contribution in [0.15, 0.2) is 42.5 Å². The minimum atomic E-state index is -0.549. The fraction of sp³-hybridized carbons (Fsp3) is 0.318. The molecule has 2 atom stereocenters. The zero-order valence-corrected chi connectivity index (χ0v) is 16.4. The number of benzene rings is 2. The van der Waals surface area contributed by atoms with Crippen molar-refractivity contribution in [3.05, 3.63) is 53.6 Å². The van der Waals surface area contributed by atoms with Gasteiger partial charge in [-0.2, -0.15) is 0 Å². The van der Waals surface area contributed by atoms with Crippen LogP contribution in [-0.2, 0) is 20.9 Å². The average molecular weight is 393 g/mol. The number of ether oxygens (including phenoxy) is 1. The molecule has 2 aromatic carbocycles. The molecule has 2 aliphatic rings. The minimum Gasteiger partial charge on any atom is -0.479 e. The van der Waals surface area contributed by atoms with E-state index in [-0.39, 0.29) is 24.1 Å². The van der Waals surface area contributed by atoms with Crippen molar-refractivity contribution < 1.29 is 19.1 Å². The molecule has 0 radical (unpaired) electrons. The second-order valence-corrected chi connectivity index (χ2v) is 7.61. The Labute approximate surface area is 169 Å². The van der Waals surface area contributed by atoms with Crippen LogP contribution in [0.1, 0.15) is 24.5 Å². The van der Waals surface area contributed by atoms with E-state index in [0.717, 1.165) is 5.56 Å². The van der Waals surface area contributed by atoms with Gasteiger partial charge < -0.3 is 20.3 Å². The van der Waals surface area contributed by atoms with Gasteiger partial charge in [0.25, 0.3) is 5.91 Å². The van der Waals surface area contributed by atoms with Gasteiger partial charge >= 0.3 is 0 Å². The first kappa shape index (κ1) is 19.0. The highest BCUT2D eigenvalue weighted by molar-refractivity contribution is 6.00. The van der Waals surface area contributed by atoms with Crippen molar-refractivity contribution in [3.63, 3.8) is 0 Å². The van der Waals surface area contributed by atoms with Gasteiger partial charge in [0.2, 0.25) is 11.8 Å². The molecular formula is C22H23N3O4. The number of hydrogen-bond donors (Lipinski definition) is 2. The molecule has 0 unspecified atom stereocenters. The fourth-order valence-electron chi connectivity index (χ4n) is 3.55. The summed E-state index contributed by atoms with van der Waals surface area (Å²) in [5.41, 5.74) is 3.29. The number of nitrogens with zero attached hydrogens (tertiary/aromatic N) is 1. The average Bonchev–Trinajstić information content (AvgIpc) is 3.05. The number of carbonyl (C=O) groups excluding carboxylic acids is 3. The molecule has 2 aliphatic heterocycles. The van der Waals surface area contributed by atoms with Crippen molar-refractivity contribution in [3.8, 4) is 5.75 Å². The van der Waals surface area contributed by atoms with E-state index < -0.39 is 12.0 Å². The summed E-state index contributed by atoms with van der Waals surface area (Å²) in [7, 11) is 0. The number of amides is 3. The zero-order valence-electron chi connectivity index (χ0n) is 16.4. The lowest BCUT2D eigenvalue weighted by Crippen LogP contribution is -2.34. The van der Waals surface area contributed by atoms with Crippen LogP contribution >= 0.6 is 0 Å². The second-order valence-electron chi connectivity index (χ2n) is 7.61. The number of hydrogen-bond acceptors (Lipinski definition) is 4. The molecule has 7 nitrogen and oxygen atoms in total. The molecular weight excluding hydrogens is 370 g/mol. The van der Waals surface area contributed by atoms with Crippen LogP contribution in [0.4, 0.5) is 11.4 Å². The van der Waals surface area contributed by atoms with Crippen LogP contribution in [0.3, 0.4) is 0 Å². The first-order chi connectivity index (χ1) is 13.9. The highest BCUT2D eigenvalue weighted by atomic mass is 16.5. The lowest BCUT2D eigenvalue weighted by atomic mass is 10.1. The predicted octanol–water partition coefficient (Wildman–Crippen LogP) is 2.70. The maximum atomic E-state index is 12.7. The second kappa shape index (κ2) is 7.58. The van der Waals surface area contributed by atoms with E-state index in [1.54, 1.807) is 30.0 Å². The summed E-state index contributed by atoms with van der Waals surface area (Å²) in [5.74, 6) is -0.300. The van der Waals surface area contributed by atoms with Crippen LogP contribution in [-0.4, -0.2) is 35.3 Å². The minimum absolute atomic E-state index is 0.0224. The summed E-state index contributed by atoms with van der Waals surface area (Å²) in [6.45, 7) is 4.58. The third-order valence-electron chi connectivity index (χ3n) is 5.26. The molecule has 3 amide bonds. The molecule has 7 heteroatoms. The third-order valence-corrected chi connectivity index (χ3v) is 5.26. The molecule has 2 N–H and O–H groups in total.